The van der Waals surface area contributed by atoms with Crippen molar-refractivity contribution in [1.82, 2.24) is 0 Å². The molecule has 0 spiro atoms. The standard InChI is InChI=1S/C9H19NO3/c1-4-7(2)8(10)9(11)13-6-5-12-3/h7-8H,4-6,10H2,1-3H3. The van der Waals surface area contributed by atoms with Crippen molar-refractivity contribution in [2.45, 2.75) is 26.3 Å². The number of carbonyl (C=O) groups is 1. The van der Waals surface area contributed by atoms with Crippen molar-refractivity contribution in [2.24, 2.45) is 11.7 Å². The van der Waals surface area contributed by atoms with Crippen molar-refractivity contribution >= 4 is 5.97 Å². The minimum atomic E-state index is -0.512. The summed E-state index contributed by atoms with van der Waals surface area (Å²) in [6.07, 6.45) is 0.876. The van der Waals surface area contributed by atoms with Crippen LogP contribution in [-0.2, 0) is 14.3 Å². The van der Waals surface area contributed by atoms with Gasteiger partial charge in [0.15, 0.2) is 0 Å². The van der Waals surface area contributed by atoms with Crippen LogP contribution in [0.2, 0.25) is 0 Å². The molecule has 0 saturated heterocycles. The molecule has 0 amide bonds. The van der Waals surface area contributed by atoms with Gasteiger partial charge in [-0.1, -0.05) is 20.3 Å². The zero-order valence-corrected chi connectivity index (χ0v) is 8.58. The highest BCUT2D eigenvalue weighted by Crippen LogP contribution is 2.06. The van der Waals surface area contributed by atoms with Crippen LogP contribution in [-0.4, -0.2) is 32.3 Å². The Kier molecular flexibility index (Phi) is 6.54. The van der Waals surface area contributed by atoms with Gasteiger partial charge in [0.1, 0.15) is 12.6 Å². The van der Waals surface area contributed by atoms with Crippen LogP contribution in [0.1, 0.15) is 20.3 Å². The SMILES string of the molecule is CCC(C)C(N)C(=O)OCCOC. The Morgan fingerprint density at radius 2 is 2.08 bits per heavy atom. The lowest BCUT2D eigenvalue weighted by molar-refractivity contribution is -0.147. The first-order valence-electron chi connectivity index (χ1n) is 4.54. The number of esters is 1. The van der Waals surface area contributed by atoms with Gasteiger partial charge >= 0.3 is 5.97 Å². The van der Waals surface area contributed by atoms with Crippen LogP contribution in [0.5, 0.6) is 0 Å². The molecule has 0 aliphatic rings. The van der Waals surface area contributed by atoms with E-state index < -0.39 is 6.04 Å². The Labute approximate surface area is 79.4 Å². The van der Waals surface area contributed by atoms with Crippen molar-refractivity contribution < 1.29 is 14.3 Å². The molecule has 2 N–H and O–H groups in total. The van der Waals surface area contributed by atoms with E-state index in [0.717, 1.165) is 6.42 Å². The minimum absolute atomic E-state index is 0.162. The average Bonchev–Trinajstić information content (AvgIpc) is 2.15. The Morgan fingerprint density at radius 1 is 1.46 bits per heavy atom. The predicted molar refractivity (Wildman–Crippen MR) is 50.3 cm³/mol. The molecule has 0 heterocycles. The topological polar surface area (TPSA) is 61.6 Å². The maximum absolute atomic E-state index is 11.2. The average molecular weight is 189 g/mol. The highest BCUT2D eigenvalue weighted by Gasteiger charge is 2.20. The molecular weight excluding hydrogens is 170 g/mol. The van der Waals surface area contributed by atoms with Gasteiger partial charge in [0, 0.05) is 7.11 Å². The highest BCUT2D eigenvalue weighted by molar-refractivity contribution is 5.75. The van der Waals surface area contributed by atoms with Gasteiger partial charge in [-0.25, -0.2) is 0 Å². The largest absolute Gasteiger partial charge is 0.462 e. The Hall–Kier alpha value is -0.610. The summed E-state index contributed by atoms with van der Waals surface area (Å²) in [4.78, 5) is 11.2. The van der Waals surface area contributed by atoms with E-state index in [4.69, 9.17) is 15.2 Å². The van der Waals surface area contributed by atoms with Gasteiger partial charge in [-0.15, -0.1) is 0 Å². The van der Waals surface area contributed by atoms with Gasteiger partial charge in [0.25, 0.3) is 0 Å². The monoisotopic (exact) mass is 189 g/mol. The van der Waals surface area contributed by atoms with Crippen LogP contribution in [0.25, 0.3) is 0 Å². The lowest BCUT2D eigenvalue weighted by atomic mass is 10.0. The van der Waals surface area contributed by atoms with Gasteiger partial charge < -0.3 is 15.2 Å². The van der Waals surface area contributed by atoms with E-state index in [-0.39, 0.29) is 18.5 Å². The molecule has 2 unspecified atom stereocenters. The van der Waals surface area contributed by atoms with Crippen LogP contribution >= 0.6 is 0 Å². The van der Waals surface area contributed by atoms with Gasteiger partial charge in [0.2, 0.25) is 0 Å². The van der Waals surface area contributed by atoms with E-state index in [1.807, 2.05) is 13.8 Å². The molecule has 0 aromatic carbocycles. The van der Waals surface area contributed by atoms with Crippen LogP contribution in [0.4, 0.5) is 0 Å². The smallest absolute Gasteiger partial charge is 0.323 e. The molecular formula is C9H19NO3. The Bertz CT molecular complexity index is 150. The lowest BCUT2D eigenvalue weighted by Gasteiger charge is -2.16. The molecule has 0 bridgehead atoms. The molecule has 0 aromatic rings. The summed E-state index contributed by atoms with van der Waals surface area (Å²) < 4.78 is 9.62. The van der Waals surface area contributed by atoms with E-state index in [9.17, 15) is 4.79 Å². The quantitative estimate of drug-likeness (QED) is 0.489. The maximum Gasteiger partial charge on any atom is 0.323 e. The van der Waals surface area contributed by atoms with E-state index in [1.165, 1.54) is 0 Å². The molecule has 0 radical (unpaired) electrons. The number of hydrogen-bond donors (Lipinski definition) is 1. The fraction of sp³-hybridized carbons (Fsp3) is 0.889. The van der Waals surface area contributed by atoms with Crippen molar-refractivity contribution in [3.05, 3.63) is 0 Å². The summed E-state index contributed by atoms with van der Waals surface area (Å²) >= 11 is 0. The minimum Gasteiger partial charge on any atom is -0.462 e. The third kappa shape index (κ3) is 4.85. The number of rotatable bonds is 6. The summed E-state index contributed by atoms with van der Waals surface area (Å²) in [6, 6.07) is -0.512. The third-order valence-electron chi connectivity index (χ3n) is 2.06. The molecule has 4 nitrogen and oxygen atoms in total. The van der Waals surface area contributed by atoms with E-state index in [1.54, 1.807) is 7.11 Å². The molecule has 13 heavy (non-hydrogen) atoms. The van der Waals surface area contributed by atoms with Gasteiger partial charge in [0.05, 0.1) is 6.61 Å². The first kappa shape index (κ1) is 12.4. The Balaban J connectivity index is 3.69. The number of hydrogen-bond acceptors (Lipinski definition) is 4. The Morgan fingerprint density at radius 3 is 2.54 bits per heavy atom. The second-order valence-corrected chi connectivity index (χ2v) is 3.07. The van der Waals surface area contributed by atoms with Crippen LogP contribution in [0.3, 0.4) is 0 Å². The fourth-order valence-electron chi connectivity index (χ4n) is 0.808. The fourth-order valence-corrected chi connectivity index (χ4v) is 0.808. The maximum atomic E-state index is 11.2. The molecule has 0 saturated carbocycles. The van der Waals surface area contributed by atoms with Gasteiger partial charge in [-0.3, -0.25) is 4.79 Å². The normalized spacial score (nSPS) is 15.1. The first-order chi connectivity index (χ1) is 6.13. The van der Waals surface area contributed by atoms with E-state index in [2.05, 4.69) is 0 Å². The number of methoxy groups -OCH3 is 1. The van der Waals surface area contributed by atoms with Crippen molar-refractivity contribution in [2.75, 3.05) is 20.3 Å². The second-order valence-electron chi connectivity index (χ2n) is 3.07. The predicted octanol–water partition coefficient (Wildman–Crippen LogP) is 0.549. The number of ether oxygens (including phenoxy) is 2. The summed E-state index contributed by atoms with van der Waals surface area (Å²) in [6.45, 7) is 4.62. The van der Waals surface area contributed by atoms with Gasteiger partial charge in [-0.05, 0) is 5.92 Å². The summed E-state index contributed by atoms with van der Waals surface area (Å²) in [5.74, 6) is -0.179. The summed E-state index contributed by atoms with van der Waals surface area (Å²) in [5.41, 5.74) is 5.64. The summed E-state index contributed by atoms with van der Waals surface area (Å²) in [7, 11) is 1.56. The van der Waals surface area contributed by atoms with Crippen LogP contribution in [0.15, 0.2) is 0 Å². The molecule has 0 aliphatic heterocycles. The molecule has 4 heteroatoms. The van der Waals surface area contributed by atoms with Crippen LogP contribution < -0.4 is 5.73 Å². The lowest BCUT2D eigenvalue weighted by Crippen LogP contribution is -2.38. The molecule has 0 aromatic heterocycles. The number of carbonyl (C=O) groups excluding carboxylic acids is 1. The zero-order chi connectivity index (χ0) is 10.3. The van der Waals surface area contributed by atoms with E-state index >= 15 is 0 Å². The van der Waals surface area contributed by atoms with E-state index in [0.29, 0.717) is 6.61 Å². The molecule has 0 fully saturated rings. The second kappa shape index (κ2) is 6.86. The molecule has 78 valence electrons. The number of nitrogens with two attached hydrogens (primary N) is 1. The molecule has 0 rings (SSSR count). The van der Waals surface area contributed by atoms with Crippen molar-refractivity contribution in [3.8, 4) is 0 Å². The van der Waals surface area contributed by atoms with Crippen molar-refractivity contribution in [1.29, 1.82) is 0 Å². The van der Waals surface area contributed by atoms with Crippen LogP contribution in [0, 0.1) is 5.92 Å². The zero-order valence-electron chi connectivity index (χ0n) is 8.58. The summed E-state index contributed by atoms with van der Waals surface area (Å²) in [5, 5.41) is 0. The van der Waals surface area contributed by atoms with Gasteiger partial charge in [-0.2, -0.15) is 0 Å². The highest BCUT2D eigenvalue weighted by atomic mass is 16.6. The molecule has 0 aliphatic carbocycles. The van der Waals surface area contributed by atoms with Crippen molar-refractivity contribution in [3.63, 3.8) is 0 Å². The molecule has 2 atom stereocenters. The third-order valence-corrected chi connectivity index (χ3v) is 2.06. The first-order valence-corrected chi connectivity index (χ1v) is 4.54.